The molecule has 7 heteroatoms. The molecule has 1 aliphatic heterocycles. The lowest BCUT2D eigenvalue weighted by Gasteiger charge is -2.25. The quantitative estimate of drug-likeness (QED) is 0.453. The second-order valence-corrected chi connectivity index (χ2v) is 6.28. The number of carboxylic acids is 1. The third kappa shape index (κ3) is 3.59. The first kappa shape index (κ1) is 19.2. The number of benzene rings is 2. The summed E-state index contributed by atoms with van der Waals surface area (Å²) < 4.78 is 5.22. The molecular weight excluding hydrogens is 362 g/mol. The van der Waals surface area contributed by atoms with Gasteiger partial charge in [0.2, 0.25) is 0 Å². The molecule has 2 aromatic carbocycles. The highest BCUT2D eigenvalue weighted by molar-refractivity contribution is 6.46. The van der Waals surface area contributed by atoms with Gasteiger partial charge in [0.1, 0.15) is 11.5 Å². The van der Waals surface area contributed by atoms with Gasteiger partial charge in [-0.3, -0.25) is 14.4 Å². The highest BCUT2D eigenvalue weighted by atomic mass is 16.5. The minimum absolute atomic E-state index is 0.0742. The molecule has 2 aromatic rings. The Morgan fingerprint density at radius 3 is 2.43 bits per heavy atom. The molecule has 1 heterocycles. The fourth-order valence-electron chi connectivity index (χ4n) is 3.24. The summed E-state index contributed by atoms with van der Waals surface area (Å²) in [6.07, 6.45) is -0.321. The highest BCUT2D eigenvalue weighted by Crippen LogP contribution is 2.40. The molecular formula is C21H19NO6. The van der Waals surface area contributed by atoms with Gasteiger partial charge >= 0.3 is 5.97 Å². The van der Waals surface area contributed by atoms with Gasteiger partial charge in [-0.05, 0) is 17.7 Å². The summed E-state index contributed by atoms with van der Waals surface area (Å²) in [6, 6.07) is 14.3. The number of Topliss-reactive ketones (excluding diaryl/α,β-unsaturated/α-hetero) is 1. The van der Waals surface area contributed by atoms with Crippen molar-refractivity contribution in [1.29, 1.82) is 0 Å². The Labute approximate surface area is 161 Å². The number of ether oxygens (including phenoxy) is 1. The van der Waals surface area contributed by atoms with Crippen LogP contribution in [-0.4, -0.2) is 46.4 Å². The molecule has 0 bridgehead atoms. The number of aliphatic hydroxyl groups is 1. The number of methoxy groups -OCH3 is 1. The maximum Gasteiger partial charge on any atom is 0.305 e. The number of likely N-dealkylation sites (tertiary alicyclic amines) is 1. The van der Waals surface area contributed by atoms with E-state index in [0.717, 1.165) is 0 Å². The van der Waals surface area contributed by atoms with Crippen LogP contribution < -0.4 is 4.74 Å². The van der Waals surface area contributed by atoms with Crippen molar-refractivity contribution in [2.24, 2.45) is 0 Å². The zero-order chi connectivity index (χ0) is 20.3. The number of aliphatic hydroxyl groups excluding tert-OH is 1. The first-order valence-corrected chi connectivity index (χ1v) is 8.63. The van der Waals surface area contributed by atoms with Crippen LogP contribution in [0.15, 0.2) is 60.2 Å². The molecule has 0 spiro atoms. The van der Waals surface area contributed by atoms with Crippen LogP contribution in [0, 0.1) is 0 Å². The van der Waals surface area contributed by atoms with Gasteiger partial charge in [0.25, 0.3) is 11.7 Å². The fourth-order valence-corrected chi connectivity index (χ4v) is 3.24. The van der Waals surface area contributed by atoms with Gasteiger partial charge in [-0.25, -0.2) is 0 Å². The summed E-state index contributed by atoms with van der Waals surface area (Å²) >= 11 is 0. The second kappa shape index (κ2) is 7.96. The van der Waals surface area contributed by atoms with Gasteiger partial charge in [0.05, 0.1) is 25.1 Å². The van der Waals surface area contributed by atoms with E-state index in [1.165, 1.54) is 12.0 Å². The molecule has 1 fully saturated rings. The minimum Gasteiger partial charge on any atom is -0.507 e. The Kier molecular flexibility index (Phi) is 5.44. The van der Waals surface area contributed by atoms with Crippen LogP contribution in [0.5, 0.6) is 5.75 Å². The summed E-state index contributed by atoms with van der Waals surface area (Å²) in [5.74, 6) is -2.56. The molecule has 1 amide bonds. The zero-order valence-corrected chi connectivity index (χ0v) is 15.2. The van der Waals surface area contributed by atoms with Gasteiger partial charge in [-0.15, -0.1) is 0 Å². The van der Waals surface area contributed by atoms with Gasteiger partial charge in [-0.1, -0.05) is 42.5 Å². The Hall–Kier alpha value is -3.61. The summed E-state index contributed by atoms with van der Waals surface area (Å²) in [7, 11) is 1.49. The molecule has 0 aromatic heterocycles. The molecule has 1 aliphatic rings. The van der Waals surface area contributed by atoms with Gasteiger partial charge in [0, 0.05) is 12.1 Å². The lowest BCUT2D eigenvalue weighted by atomic mass is 9.95. The number of ketones is 1. The number of rotatable bonds is 6. The first-order valence-electron chi connectivity index (χ1n) is 8.63. The number of hydrogen-bond donors (Lipinski definition) is 2. The van der Waals surface area contributed by atoms with Crippen LogP contribution in [0.4, 0.5) is 0 Å². The molecule has 0 aliphatic carbocycles. The summed E-state index contributed by atoms with van der Waals surface area (Å²) in [4.78, 5) is 37.5. The molecule has 1 atom stereocenters. The number of carbonyl (C=O) groups is 3. The molecule has 144 valence electrons. The highest BCUT2D eigenvalue weighted by Gasteiger charge is 2.46. The molecule has 1 saturated heterocycles. The van der Waals surface area contributed by atoms with Crippen LogP contribution in [0.2, 0.25) is 0 Å². The van der Waals surface area contributed by atoms with Gasteiger partial charge in [-0.2, -0.15) is 0 Å². The van der Waals surface area contributed by atoms with Crippen LogP contribution in [-0.2, 0) is 14.4 Å². The number of amides is 1. The number of aliphatic carboxylic acids is 1. The molecule has 0 radical (unpaired) electrons. The Morgan fingerprint density at radius 2 is 1.79 bits per heavy atom. The number of hydrogen-bond acceptors (Lipinski definition) is 5. The SMILES string of the molecule is COc1cccc([C@@H]2C(=C(O)c3ccccc3)C(=O)C(=O)N2CCC(=O)O)c1. The smallest absolute Gasteiger partial charge is 0.305 e. The van der Waals surface area contributed by atoms with Crippen LogP contribution >= 0.6 is 0 Å². The maximum absolute atomic E-state index is 12.7. The van der Waals surface area contributed by atoms with Crippen molar-refractivity contribution >= 4 is 23.4 Å². The van der Waals surface area contributed by atoms with Gasteiger partial charge < -0.3 is 19.8 Å². The molecule has 3 rings (SSSR count). The zero-order valence-electron chi connectivity index (χ0n) is 15.2. The molecule has 0 unspecified atom stereocenters. The van der Waals surface area contributed by atoms with E-state index in [0.29, 0.717) is 16.9 Å². The van der Waals surface area contributed by atoms with Crippen LogP contribution in [0.25, 0.3) is 5.76 Å². The van der Waals surface area contributed by atoms with Crippen molar-refractivity contribution in [1.82, 2.24) is 4.90 Å². The van der Waals surface area contributed by atoms with Gasteiger partial charge in [0.15, 0.2) is 0 Å². The molecule has 0 saturated carbocycles. The normalized spacial score (nSPS) is 18.3. The van der Waals surface area contributed by atoms with E-state index in [-0.39, 0.29) is 24.3 Å². The number of carbonyl (C=O) groups excluding carboxylic acids is 2. The maximum atomic E-state index is 12.7. The van der Waals surface area contributed by atoms with E-state index in [4.69, 9.17) is 9.84 Å². The molecule has 7 nitrogen and oxygen atoms in total. The molecule has 2 N–H and O–H groups in total. The first-order chi connectivity index (χ1) is 13.4. The van der Waals surface area contributed by atoms with E-state index >= 15 is 0 Å². The van der Waals surface area contributed by atoms with E-state index in [2.05, 4.69) is 0 Å². The van der Waals surface area contributed by atoms with Crippen LogP contribution in [0.3, 0.4) is 0 Å². The average molecular weight is 381 g/mol. The summed E-state index contributed by atoms with van der Waals surface area (Å²) in [6.45, 7) is -0.159. The summed E-state index contributed by atoms with van der Waals surface area (Å²) in [5, 5.41) is 19.8. The van der Waals surface area contributed by atoms with Crippen molar-refractivity contribution in [2.45, 2.75) is 12.5 Å². The Morgan fingerprint density at radius 1 is 1.07 bits per heavy atom. The van der Waals surface area contributed by atoms with E-state index in [1.54, 1.807) is 54.6 Å². The standard InChI is InChI=1S/C21H19NO6/c1-28-15-9-5-8-14(12-15)18-17(19(25)13-6-3-2-4-7-13)20(26)21(27)22(18)11-10-16(23)24/h2-9,12,18,25H,10-11H2,1H3,(H,23,24)/t18-/m1/s1. The van der Waals surface area contributed by atoms with E-state index in [1.807, 2.05) is 0 Å². The predicted octanol–water partition coefficient (Wildman–Crippen LogP) is 2.59. The number of carboxylic acid groups (broad SMARTS) is 1. The van der Waals surface area contributed by atoms with Crippen LogP contribution in [0.1, 0.15) is 23.6 Å². The third-order valence-electron chi connectivity index (χ3n) is 4.56. The summed E-state index contributed by atoms with van der Waals surface area (Å²) in [5.41, 5.74) is 0.864. The minimum atomic E-state index is -1.09. The second-order valence-electron chi connectivity index (χ2n) is 6.28. The largest absolute Gasteiger partial charge is 0.507 e. The van der Waals surface area contributed by atoms with Crippen molar-refractivity contribution < 1.29 is 29.3 Å². The van der Waals surface area contributed by atoms with E-state index in [9.17, 15) is 19.5 Å². The van der Waals surface area contributed by atoms with E-state index < -0.39 is 23.7 Å². The lowest BCUT2D eigenvalue weighted by molar-refractivity contribution is -0.142. The Balaban J connectivity index is 2.16. The van der Waals surface area contributed by atoms with Crippen molar-refractivity contribution in [3.8, 4) is 5.75 Å². The van der Waals surface area contributed by atoms with Crippen molar-refractivity contribution in [3.05, 3.63) is 71.3 Å². The molecule has 28 heavy (non-hydrogen) atoms. The lowest BCUT2D eigenvalue weighted by Crippen LogP contribution is -2.31. The average Bonchev–Trinajstić information content (AvgIpc) is 2.97. The fraction of sp³-hybridized carbons (Fsp3) is 0.190. The van der Waals surface area contributed by atoms with Crippen molar-refractivity contribution in [2.75, 3.05) is 13.7 Å². The predicted molar refractivity (Wildman–Crippen MR) is 101 cm³/mol. The number of nitrogens with zero attached hydrogens (tertiary/aromatic N) is 1. The monoisotopic (exact) mass is 381 g/mol. The third-order valence-corrected chi connectivity index (χ3v) is 4.56. The Bertz CT molecular complexity index is 950. The van der Waals surface area contributed by atoms with Crippen molar-refractivity contribution in [3.63, 3.8) is 0 Å². The topological polar surface area (TPSA) is 104 Å².